The van der Waals surface area contributed by atoms with E-state index in [1.54, 1.807) is 0 Å². The second-order valence-electron chi connectivity index (χ2n) is 4.39. The second-order valence-corrected chi connectivity index (χ2v) is 5.42. The first-order valence-corrected chi connectivity index (χ1v) is 7.20. The maximum Gasteiger partial charge on any atom is 0.327 e. The Kier molecular flexibility index (Phi) is 4.62. The number of fused-ring (bicyclic) bond motifs is 1. The van der Waals surface area contributed by atoms with Gasteiger partial charge >= 0.3 is 5.97 Å². The number of nitrogens with zero attached hydrogens (tertiary/aromatic N) is 2. The van der Waals surface area contributed by atoms with Gasteiger partial charge in [-0.05, 0) is 18.6 Å². The molecule has 0 aliphatic heterocycles. The molecule has 2 N–H and O–H groups in total. The molecule has 2 aromatic rings. The number of thioether (sulfide) groups is 1. The highest BCUT2D eigenvalue weighted by Gasteiger charge is 2.16. The highest BCUT2D eigenvalue weighted by atomic mass is 32.2. The normalized spacial score (nSPS) is 12.2. The van der Waals surface area contributed by atoms with Crippen LogP contribution in [-0.4, -0.2) is 38.7 Å². The first-order valence-electron chi connectivity index (χ1n) is 6.04. The number of carbonyl (C=O) groups is 2. The molecule has 2 heterocycles. The van der Waals surface area contributed by atoms with Crippen LogP contribution in [0.2, 0.25) is 0 Å². The number of aryl methyl sites for hydroxylation is 1. The topological polar surface area (TPSA) is 83.7 Å². The fourth-order valence-electron chi connectivity index (χ4n) is 1.78. The third-order valence-corrected chi connectivity index (χ3v) is 3.82. The second kappa shape index (κ2) is 6.42. The zero-order valence-electron chi connectivity index (χ0n) is 10.9. The van der Waals surface area contributed by atoms with Crippen molar-refractivity contribution < 1.29 is 14.7 Å². The van der Waals surface area contributed by atoms with Gasteiger partial charge in [0.2, 0.25) is 6.41 Å². The minimum absolute atomic E-state index is 0.307. The molecule has 0 radical (unpaired) electrons. The van der Waals surface area contributed by atoms with Gasteiger partial charge in [0, 0.05) is 23.9 Å². The average molecular weight is 293 g/mol. The highest BCUT2D eigenvalue weighted by molar-refractivity contribution is 7.98. The number of amides is 1. The summed E-state index contributed by atoms with van der Waals surface area (Å²) in [4.78, 5) is 25.6. The predicted molar refractivity (Wildman–Crippen MR) is 76.7 cm³/mol. The number of rotatable bonds is 7. The van der Waals surface area contributed by atoms with Crippen LogP contribution in [0.5, 0.6) is 0 Å². The number of aliphatic carboxylic acids is 1. The lowest BCUT2D eigenvalue weighted by Gasteiger charge is -2.09. The average Bonchev–Trinajstić information content (AvgIpc) is 2.79. The van der Waals surface area contributed by atoms with Gasteiger partial charge < -0.3 is 14.8 Å². The monoisotopic (exact) mass is 293 g/mol. The van der Waals surface area contributed by atoms with E-state index >= 15 is 0 Å². The molecule has 0 saturated heterocycles. The Balaban J connectivity index is 1.95. The van der Waals surface area contributed by atoms with Crippen molar-refractivity contribution >= 4 is 29.8 Å². The molecular weight excluding hydrogens is 278 g/mol. The van der Waals surface area contributed by atoms with E-state index in [-0.39, 0.29) is 0 Å². The molecule has 1 unspecified atom stereocenters. The van der Waals surface area contributed by atoms with Gasteiger partial charge in [0.05, 0.1) is 5.69 Å². The Labute approximate surface area is 120 Å². The molecule has 0 fully saturated rings. The van der Waals surface area contributed by atoms with Crippen molar-refractivity contribution in [1.29, 1.82) is 0 Å². The molecule has 0 aliphatic rings. The smallest absolute Gasteiger partial charge is 0.327 e. The third kappa shape index (κ3) is 3.51. The number of hydrogen-bond donors (Lipinski definition) is 2. The van der Waals surface area contributed by atoms with Crippen molar-refractivity contribution in [3.05, 3.63) is 35.8 Å². The van der Waals surface area contributed by atoms with Crippen LogP contribution in [0.4, 0.5) is 0 Å². The molecule has 0 bridgehead atoms. The van der Waals surface area contributed by atoms with Crippen LogP contribution in [0, 0.1) is 6.92 Å². The Morgan fingerprint density at radius 2 is 2.35 bits per heavy atom. The molecule has 20 heavy (non-hydrogen) atoms. The van der Waals surface area contributed by atoms with E-state index < -0.39 is 12.0 Å². The van der Waals surface area contributed by atoms with Gasteiger partial charge in [-0.15, -0.1) is 0 Å². The van der Waals surface area contributed by atoms with Crippen molar-refractivity contribution in [2.45, 2.75) is 18.7 Å². The van der Waals surface area contributed by atoms with Crippen LogP contribution in [0.1, 0.15) is 11.3 Å². The fourth-order valence-corrected chi connectivity index (χ4v) is 2.72. The van der Waals surface area contributed by atoms with Crippen LogP contribution >= 0.6 is 11.8 Å². The van der Waals surface area contributed by atoms with E-state index in [2.05, 4.69) is 10.3 Å². The van der Waals surface area contributed by atoms with E-state index in [9.17, 15) is 9.59 Å². The molecule has 2 aromatic heterocycles. The van der Waals surface area contributed by atoms with E-state index in [4.69, 9.17) is 5.11 Å². The first kappa shape index (κ1) is 14.4. The van der Waals surface area contributed by atoms with Crippen molar-refractivity contribution in [2.75, 3.05) is 5.75 Å². The summed E-state index contributed by atoms with van der Waals surface area (Å²) in [7, 11) is 0. The quantitative estimate of drug-likeness (QED) is 0.746. The summed E-state index contributed by atoms with van der Waals surface area (Å²) in [5, 5.41) is 11.2. The fraction of sp³-hybridized carbons (Fsp3) is 0.308. The lowest BCUT2D eigenvalue weighted by molar-refractivity contribution is -0.139. The summed E-state index contributed by atoms with van der Waals surface area (Å²) in [6, 6.07) is 3.07. The number of carboxylic acids is 1. The van der Waals surface area contributed by atoms with Crippen LogP contribution in [-0.2, 0) is 15.3 Å². The van der Waals surface area contributed by atoms with E-state index in [1.165, 1.54) is 11.8 Å². The number of nitrogens with one attached hydrogen (secondary N) is 1. The molecule has 1 amide bonds. The third-order valence-electron chi connectivity index (χ3n) is 2.75. The van der Waals surface area contributed by atoms with Crippen molar-refractivity contribution in [3.8, 4) is 0 Å². The van der Waals surface area contributed by atoms with Crippen LogP contribution in [0.15, 0.2) is 24.5 Å². The van der Waals surface area contributed by atoms with Crippen LogP contribution < -0.4 is 5.32 Å². The molecule has 0 saturated carbocycles. The SMILES string of the molecule is Cc1ccc2nc(CSCC(NC=O)C(=O)O)cn2c1. The highest BCUT2D eigenvalue weighted by Crippen LogP contribution is 2.14. The summed E-state index contributed by atoms with van der Waals surface area (Å²) in [5.74, 6) is -0.123. The largest absolute Gasteiger partial charge is 0.480 e. The van der Waals surface area contributed by atoms with Gasteiger partial charge in [0.25, 0.3) is 0 Å². The molecule has 0 aromatic carbocycles. The Morgan fingerprint density at radius 1 is 1.55 bits per heavy atom. The minimum Gasteiger partial charge on any atom is -0.480 e. The van der Waals surface area contributed by atoms with Crippen LogP contribution in [0.25, 0.3) is 5.65 Å². The van der Waals surface area contributed by atoms with Crippen molar-refractivity contribution in [1.82, 2.24) is 14.7 Å². The number of hydrogen-bond acceptors (Lipinski definition) is 4. The first-order chi connectivity index (χ1) is 9.60. The summed E-state index contributed by atoms with van der Waals surface area (Å²) in [6.07, 6.45) is 4.33. The molecular formula is C13H15N3O3S. The lowest BCUT2D eigenvalue weighted by atomic mass is 10.3. The lowest BCUT2D eigenvalue weighted by Crippen LogP contribution is -2.37. The molecule has 1 atom stereocenters. The Hall–Kier alpha value is -2.02. The molecule has 2 rings (SSSR count). The number of carboxylic acid groups (broad SMARTS) is 1. The van der Waals surface area contributed by atoms with E-state index in [1.807, 2.05) is 35.9 Å². The predicted octanol–water partition coefficient (Wildman–Crippen LogP) is 1.08. The summed E-state index contributed by atoms with van der Waals surface area (Å²) in [6.45, 7) is 2.01. The molecule has 0 spiro atoms. The number of imidazole rings is 1. The van der Waals surface area contributed by atoms with Gasteiger partial charge in [-0.1, -0.05) is 6.07 Å². The zero-order chi connectivity index (χ0) is 14.5. The van der Waals surface area contributed by atoms with Gasteiger partial charge in [-0.3, -0.25) is 4.79 Å². The van der Waals surface area contributed by atoms with E-state index in [0.717, 1.165) is 16.9 Å². The zero-order valence-corrected chi connectivity index (χ0v) is 11.8. The molecule has 7 heteroatoms. The number of aromatic nitrogens is 2. The maximum atomic E-state index is 10.9. The van der Waals surface area contributed by atoms with Gasteiger partial charge in [-0.2, -0.15) is 11.8 Å². The summed E-state index contributed by atoms with van der Waals surface area (Å²) >= 11 is 1.42. The minimum atomic E-state index is -1.03. The standard InChI is InChI=1S/C13H15N3O3S/c1-9-2-3-12-15-10(5-16(12)4-9)6-20-7-11(13(18)19)14-8-17/h2-5,8,11H,6-7H2,1H3,(H,14,17)(H,18,19). The number of pyridine rings is 1. The Bertz CT molecular complexity index is 626. The van der Waals surface area contributed by atoms with Gasteiger partial charge in [-0.25, -0.2) is 9.78 Å². The van der Waals surface area contributed by atoms with E-state index in [0.29, 0.717) is 17.9 Å². The van der Waals surface area contributed by atoms with Crippen molar-refractivity contribution in [2.24, 2.45) is 0 Å². The molecule has 0 aliphatic carbocycles. The molecule has 6 nitrogen and oxygen atoms in total. The number of carbonyl (C=O) groups excluding carboxylic acids is 1. The van der Waals surface area contributed by atoms with Crippen LogP contribution in [0.3, 0.4) is 0 Å². The maximum absolute atomic E-state index is 10.9. The van der Waals surface area contributed by atoms with Crippen molar-refractivity contribution in [3.63, 3.8) is 0 Å². The Morgan fingerprint density at radius 3 is 3.05 bits per heavy atom. The van der Waals surface area contributed by atoms with Gasteiger partial charge in [0.1, 0.15) is 11.7 Å². The molecule has 106 valence electrons. The summed E-state index contributed by atoms with van der Waals surface area (Å²) < 4.78 is 1.95. The summed E-state index contributed by atoms with van der Waals surface area (Å²) in [5.41, 5.74) is 2.90. The van der Waals surface area contributed by atoms with Gasteiger partial charge in [0.15, 0.2) is 0 Å².